The topological polar surface area (TPSA) is 59.3 Å². The monoisotopic (exact) mass is 259 g/mol. The Morgan fingerprint density at radius 1 is 1.47 bits per heavy atom. The van der Waals surface area contributed by atoms with Gasteiger partial charge in [-0.2, -0.15) is 5.26 Å². The van der Waals surface area contributed by atoms with Crippen LogP contribution in [-0.2, 0) is 14.9 Å². The van der Waals surface area contributed by atoms with Crippen molar-refractivity contribution in [1.29, 1.82) is 5.26 Å². The van der Waals surface area contributed by atoms with E-state index in [2.05, 4.69) is 12.6 Å². The summed E-state index contributed by atoms with van der Waals surface area (Å²) in [6.07, 6.45) is 1.75. The van der Waals surface area contributed by atoms with E-state index >= 15 is 0 Å². The summed E-state index contributed by atoms with van der Waals surface area (Å²) in [6, 6.07) is 8.89. The second-order valence-corrected chi connectivity index (χ2v) is 3.96. The van der Waals surface area contributed by atoms with E-state index in [4.69, 9.17) is 9.47 Å². The number of nitriles is 1. The molecule has 0 aliphatic heterocycles. The van der Waals surface area contributed by atoms with Gasteiger partial charge < -0.3 is 9.47 Å². The van der Waals surface area contributed by atoms with Gasteiger partial charge in [-0.15, -0.1) is 6.58 Å². The van der Waals surface area contributed by atoms with Gasteiger partial charge in [-0.3, -0.25) is 0 Å². The number of hydrogen-bond donors (Lipinski definition) is 0. The van der Waals surface area contributed by atoms with Crippen LogP contribution in [0, 0.1) is 11.3 Å². The molecule has 0 fully saturated rings. The van der Waals surface area contributed by atoms with Gasteiger partial charge in [-0.1, -0.05) is 18.2 Å². The minimum Gasteiger partial charge on any atom is -0.497 e. The molecule has 0 spiro atoms. The Labute approximate surface area is 113 Å². The fourth-order valence-corrected chi connectivity index (χ4v) is 1.82. The predicted octanol–water partition coefficient (Wildman–Crippen LogP) is 2.60. The molecule has 4 heteroatoms. The lowest BCUT2D eigenvalue weighted by atomic mass is 9.79. The van der Waals surface area contributed by atoms with Gasteiger partial charge in [0.25, 0.3) is 0 Å². The third-order valence-electron chi connectivity index (χ3n) is 2.85. The molecule has 1 rings (SSSR count). The first-order chi connectivity index (χ1) is 9.14. The third kappa shape index (κ3) is 2.94. The maximum atomic E-state index is 12.1. The van der Waals surface area contributed by atoms with Gasteiger partial charge in [0, 0.05) is 0 Å². The van der Waals surface area contributed by atoms with E-state index in [1.807, 2.05) is 0 Å². The van der Waals surface area contributed by atoms with E-state index in [9.17, 15) is 10.1 Å². The number of methoxy groups -OCH3 is 1. The second-order valence-electron chi connectivity index (χ2n) is 3.96. The maximum Gasteiger partial charge on any atom is 0.331 e. The van der Waals surface area contributed by atoms with Crippen molar-refractivity contribution in [2.75, 3.05) is 13.7 Å². The van der Waals surface area contributed by atoms with Crippen LogP contribution < -0.4 is 4.74 Å². The van der Waals surface area contributed by atoms with Crippen molar-refractivity contribution in [3.05, 3.63) is 42.5 Å². The second kappa shape index (κ2) is 6.60. The maximum absolute atomic E-state index is 12.1. The van der Waals surface area contributed by atoms with Crippen molar-refractivity contribution < 1.29 is 14.3 Å². The SMILES string of the molecule is C=CCC(C#N)(C(=O)OCC)c1ccc(OC)cc1. The van der Waals surface area contributed by atoms with Crippen molar-refractivity contribution in [2.45, 2.75) is 18.8 Å². The van der Waals surface area contributed by atoms with E-state index < -0.39 is 11.4 Å². The molecule has 0 heterocycles. The summed E-state index contributed by atoms with van der Waals surface area (Å²) in [5, 5.41) is 9.45. The highest BCUT2D eigenvalue weighted by atomic mass is 16.5. The molecule has 0 N–H and O–H groups in total. The molecule has 0 aliphatic carbocycles. The summed E-state index contributed by atoms with van der Waals surface area (Å²) in [6.45, 7) is 5.55. The molecule has 0 aliphatic rings. The summed E-state index contributed by atoms with van der Waals surface area (Å²) >= 11 is 0. The Kier molecular flexibility index (Phi) is 5.13. The molecule has 0 amide bonds. The Balaban J connectivity index is 3.25. The van der Waals surface area contributed by atoms with Crippen LogP contribution in [0.3, 0.4) is 0 Å². The number of allylic oxidation sites excluding steroid dienone is 1. The molecule has 19 heavy (non-hydrogen) atoms. The zero-order chi connectivity index (χ0) is 14.3. The molecule has 4 nitrogen and oxygen atoms in total. The van der Waals surface area contributed by atoms with Crippen LogP contribution in [0.25, 0.3) is 0 Å². The zero-order valence-corrected chi connectivity index (χ0v) is 11.2. The van der Waals surface area contributed by atoms with Crippen LogP contribution in [-0.4, -0.2) is 19.7 Å². The highest BCUT2D eigenvalue weighted by molar-refractivity contribution is 5.87. The predicted molar refractivity (Wildman–Crippen MR) is 71.7 cm³/mol. The highest BCUT2D eigenvalue weighted by Gasteiger charge is 2.41. The molecule has 0 bridgehead atoms. The van der Waals surface area contributed by atoms with E-state index in [-0.39, 0.29) is 13.0 Å². The van der Waals surface area contributed by atoms with Crippen molar-refractivity contribution >= 4 is 5.97 Å². The lowest BCUT2D eigenvalue weighted by molar-refractivity contribution is -0.147. The molecule has 1 unspecified atom stereocenters. The van der Waals surface area contributed by atoms with Crippen molar-refractivity contribution in [3.63, 3.8) is 0 Å². The molecule has 100 valence electrons. The quantitative estimate of drug-likeness (QED) is 0.582. The number of carbonyl (C=O) groups excluding carboxylic acids is 1. The highest BCUT2D eigenvalue weighted by Crippen LogP contribution is 2.31. The Morgan fingerprint density at radius 3 is 2.53 bits per heavy atom. The van der Waals surface area contributed by atoms with Crippen molar-refractivity contribution in [1.82, 2.24) is 0 Å². The largest absolute Gasteiger partial charge is 0.497 e. The van der Waals surface area contributed by atoms with E-state index in [0.29, 0.717) is 11.3 Å². The van der Waals surface area contributed by atoms with Crippen LogP contribution in [0.5, 0.6) is 5.75 Å². The molecule has 0 radical (unpaired) electrons. The summed E-state index contributed by atoms with van der Waals surface area (Å²) in [7, 11) is 1.56. The number of rotatable bonds is 6. The Morgan fingerprint density at radius 2 is 2.11 bits per heavy atom. The molecular weight excluding hydrogens is 242 g/mol. The van der Waals surface area contributed by atoms with Gasteiger partial charge >= 0.3 is 5.97 Å². The van der Waals surface area contributed by atoms with Gasteiger partial charge in [0.2, 0.25) is 0 Å². The summed E-state index contributed by atoms with van der Waals surface area (Å²) in [5.74, 6) is 0.112. The number of benzene rings is 1. The van der Waals surface area contributed by atoms with Gasteiger partial charge in [0.05, 0.1) is 19.8 Å². The van der Waals surface area contributed by atoms with Crippen molar-refractivity contribution in [3.8, 4) is 11.8 Å². The normalized spacial score (nSPS) is 12.9. The standard InChI is InChI=1S/C15H17NO3/c1-4-10-15(11-16,14(17)19-5-2)12-6-8-13(18-3)9-7-12/h4,6-9H,1,5,10H2,2-3H3. The smallest absolute Gasteiger partial charge is 0.331 e. The van der Waals surface area contributed by atoms with Crippen LogP contribution in [0.15, 0.2) is 36.9 Å². The first kappa shape index (κ1) is 14.8. The van der Waals surface area contributed by atoms with Crippen LogP contribution in [0.1, 0.15) is 18.9 Å². The van der Waals surface area contributed by atoms with Crippen LogP contribution >= 0.6 is 0 Å². The van der Waals surface area contributed by atoms with Gasteiger partial charge in [-0.05, 0) is 31.0 Å². The van der Waals surface area contributed by atoms with Gasteiger partial charge in [0.15, 0.2) is 5.41 Å². The number of carbonyl (C=O) groups is 1. The van der Waals surface area contributed by atoms with Crippen LogP contribution in [0.4, 0.5) is 0 Å². The molecule has 1 aromatic rings. The summed E-state index contributed by atoms with van der Waals surface area (Å²) in [4.78, 5) is 12.1. The summed E-state index contributed by atoms with van der Waals surface area (Å²) in [5.41, 5.74) is -0.765. The lowest BCUT2D eigenvalue weighted by Gasteiger charge is -2.23. The minimum absolute atomic E-state index is 0.203. The van der Waals surface area contributed by atoms with E-state index in [0.717, 1.165) is 0 Å². The zero-order valence-electron chi connectivity index (χ0n) is 11.2. The van der Waals surface area contributed by atoms with Crippen molar-refractivity contribution in [2.24, 2.45) is 0 Å². The average Bonchev–Trinajstić information content (AvgIpc) is 2.45. The average molecular weight is 259 g/mol. The Bertz CT molecular complexity index is 487. The van der Waals surface area contributed by atoms with E-state index in [1.54, 1.807) is 44.4 Å². The van der Waals surface area contributed by atoms with Gasteiger partial charge in [0.1, 0.15) is 5.75 Å². The first-order valence-corrected chi connectivity index (χ1v) is 5.98. The molecule has 1 atom stereocenters. The minimum atomic E-state index is -1.34. The molecule has 0 aromatic heterocycles. The first-order valence-electron chi connectivity index (χ1n) is 5.98. The van der Waals surface area contributed by atoms with Gasteiger partial charge in [-0.25, -0.2) is 4.79 Å². The number of ether oxygens (including phenoxy) is 2. The molecule has 0 saturated carbocycles. The van der Waals surface area contributed by atoms with Crippen LogP contribution in [0.2, 0.25) is 0 Å². The lowest BCUT2D eigenvalue weighted by Crippen LogP contribution is -2.35. The summed E-state index contributed by atoms with van der Waals surface area (Å²) < 4.78 is 10.1. The molecule has 1 aromatic carbocycles. The third-order valence-corrected chi connectivity index (χ3v) is 2.85. The fourth-order valence-electron chi connectivity index (χ4n) is 1.82. The molecule has 0 saturated heterocycles. The number of nitrogens with zero attached hydrogens (tertiary/aromatic N) is 1. The number of esters is 1. The molecular formula is C15H17NO3. The van der Waals surface area contributed by atoms with E-state index in [1.165, 1.54) is 0 Å². The number of hydrogen-bond acceptors (Lipinski definition) is 4. The fraction of sp³-hybridized carbons (Fsp3) is 0.333. The Hall–Kier alpha value is -2.28.